The lowest BCUT2D eigenvalue weighted by Gasteiger charge is -2.02. The number of hydrogen-bond acceptors (Lipinski definition) is 2. The van der Waals surface area contributed by atoms with Gasteiger partial charge in [0.05, 0.1) is 5.69 Å². The van der Waals surface area contributed by atoms with Gasteiger partial charge in [0.1, 0.15) is 0 Å². The Hall–Kier alpha value is -1.48. The molecule has 0 aliphatic rings. The second-order valence-electron chi connectivity index (χ2n) is 4.39. The molecule has 0 atom stereocenters. The second-order valence-corrected chi connectivity index (χ2v) is 4.83. The number of benzene rings is 1. The molecule has 0 unspecified atom stereocenters. The SMILES string of the molecule is CCCCCn1cc(-c2ccc(Cl)cc2)nc1N. The van der Waals surface area contributed by atoms with Crippen molar-refractivity contribution in [2.45, 2.75) is 32.7 Å². The number of hydrogen-bond donors (Lipinski definition) is 1. The quantitative estimate of drug-likeness (QED) is 0.830. The number of halogens is 1. The summed E-state index contributed by atoms with van der Waals surface area (Å²) >= 11 is 5.87. The maximum atomic E-state index is 5.92. The van der Waals surface area contributed by atoms with Crippen molar-refractivity contribution < 1.29 is 0 Å². The minimum atomic E-state index is 0.580. The van der Waals surface area contributed by atoms with E-state index in [1.54, 1.807) is 0 Å². The number of rotatable bonds is 5. The van der Waals surface area contributed by atoms with Crippen LogP contribution >= 0.6 is 11.6 Å². The Morgan fingerprint density at radius 1 is 1.22 bits per heavy atom. The van der Waals surface area contributed by atoms with Gasteiger partial charge < -0.3 is 10.3 Å². The highest BCUT2D eigenvalue weighted by atomic mass is 35.5. The third kappa shape index (κ3) is 3.05. The van der Waals surface area contributed by atoms with E-state index < -0.39 is 0 Å². The Balaban J connectivity index is 2.15. The van der Waals surface area contributed by atoms with Gasteiger partial charge in [0.2, 0.25) is 5.95 Å². The molecule has 1 heterocycles. The number of aryl methyl sites for hydroxylation is 1. The van der Waals surface area contributed by atoms with E-state index in [1.165, 1.54) is 12.8 Å². The van der Waals surface area contributed by atoms with Crippen molar-refractivity contribution in [3.05, 3.63) is 35.5 Å². The van der Waals surface area contributed by atoms with Crippen molar-refractivity contribution in [1.82, 2.24) is 9.55 Å². The van der Waals surface area contributed by atoms with Crippen molar-refractivity contribution in [1.29, 1.82) is 0 Å². The fraction of sp³-hybridized carbons (Fsp3) is 0.357. The zero-order valence-electron chi connectivity index (χ0n) is 10.6. The monoisotopic (exact) mass is 263 g/mol. The second kappa shape index (κ2) is 5.91. The van der Waals surface area contributed by atoms with Crippen molar-refractivity contribution >= 4 is 17.5 Å². The van der Waals surface area contributed by atoms with Gasteiger partial charge in [-0.25, -0.2) is 4.98 Å². The number of anilines is 1. The zero-order valence-corrected chi connectivity index (χ0v) is 11.3. The molecule has 1 aromatic heterocycles. The number of nitrogens with two attached hydrogens (primary N) is 1. The molecule has 4 heteroatoms. The fourth-order valence-corrected chi connectivity index (χ4v) is 2.03. The highest BCUT2D eigenvalue weighted by molar-refractivity contribution is 6.30. The van der Waals surface area contributed by atoms with Gasteiger partial charge in [0.25, 0.3) is 0 Å². The van der Waals surface area contributed by atoms with E-state index in [2.05, 4.69) is 11.9 Å². The first-order valence-corrected chi connectivity index (χ1v) is 6.67. The largest absolute Gasteiger partial charge is 0.369 e. The molecule has 0 saturated carbocycles. The number of aromatic nitrogens is 2. The summed E-state index contributed by atoms with van der Waals surface area (Å²) in [6.45, 7) is 3.12. The molecule has 0 fully saturated rings. The molecule has 0 amide bonds. The van der Waals surface area contributed by atoms with Gasteiger partial charge in [-0.2, -0.15) is 0 Å². The molecule has 2 N–H and O–H groups in total. The van der Waals surface area contributed by atoms with E-state index in [4.69, 9.17) is 17.3 Å². The van der Waals surface area contributed by atoms with Crippen LogP contribution in [0.5, 0.6) is 0 Å². The molecule has 0 bridgehead atoms. The van der Waals surface area contributed by atoms with Gasteiger partial charge in [-0.05, 0) is 18.6 Å². The van der Waals surface area contributed by atoms with Crippen LogP contribution in [0, 0.1) is 0 Å². The summed E-state index contributed by atoms with van der Waals surface area (Å²) in [5, 5.41) is 0.731. The maximum absolute atomic E-state index is 5.92. The maximum Gasteiger partial charge on any atom is 0.200 e. The Kier molecular flexibility index (Phi) is 4.26. The lowest BCUT2D eigenvalue weighted by Crippen LogP contribution is -2.02. The molecule has 0 saturated heterocycles. The van der Waals surface area contributed by atoms with Crippen molar-refractivity contribution in [2.75, 3.05) is 5.73 Å². The van der Waals surface area contributed by atoms with Crippen LogP contribution in [0.15, 0.2) is 30.5 Å². The summed E-state index contributed by atoms with van der Waals surface area (Å²) in [7, 11) is 0. The van der Waals surface area contributed by atoms with Gasteiger partial charge >= 0.3 is 0 Å². The van der Waals surface area contributed by atoms with Crippen molar-refractivity contribution in [2.24, 2.45) is 0 Å². The number of imidazole rings is 1. The number of nitrogens with zero attached hydrogens (tertiary/aromatic N) is 2. The predicted molar refractivity (Wildman–Crippen MR) is 76.6 cm³/mol. The van der Waals surface area contributed by atoms with E-state index in [-0.39, 0.29) is 0 Å². The minimum absolute atomic E-state index is 0.580. The Morgan fingerprint density at radius 3 is 2.61 bits per heavy atom. The topological polar surface area (TPSA) is 43.8 Å². The van der Waals surface area contributed by atoms with E-state index in [0.717, 1.165) is 29.2 Å². The summed E-state index contributed by atoms with van der Waals surface area (Å²) in [5.41, 5.74) is 7.86. The lowest BCUT2D eigenvalue weighted by molar-refractivity contribution is 0.608. The molecule has 2 aromatic rings. The van der Waals surface area contributed by atoms with E-state index in [0.29, 0.717) is 5.95 Å². The highest BCUT2D eigenvalue weighted by Gasteiger charge is 2.06. The zero-order chi connectivity index (χ0) is 13.0. The first-order chi connectivity index (χ1) is 8.70. The molecule has 18 heavy (non-hydrogen) atoms. The number of nitrogen functional groups attached to an aromatic ring is 1. The van der Waals surface area contributed by atoms with Gasteiger partial charge in [-0.1, -0.05) is 43.5 Å². The van der Waals surface area contributed by atoms with E-state index in [9.17, 15) is 0 Å². The van der Waals surface area contributed by atoms with Crippen LogP contribution in [0.4, 0.5) is 5.95 Å². The summed E-state index contributed by atoms with van der Waals surface area (Å²) in [6.07, 6.45) is 5.57. The molecule has 0 aliphatic carbocycles. The molecular formula is C14H18ClN3. The molecule has 96 valence electrons. The highest BCUT2D eigenvalue weighted by Crippen LogP contribution is 2.22. The van der Waals surface area contributed by atoms with Gasteiger partial charge in [-0.3, -0.25) is 0 Å². The van der Waals surface area contributed by atoms with Gasteiger partial charge in [0, 0.05) is 23.3 Å². The molecule has 0 radical (unpaired) electrons. The van der Waals surface area contributed by atoms with Gasteiger partial charge in [-0.15, -0.1) is 0 Å². The van der Waals surface area contributed by atoms with Crippen LogP contribution in [-0.4, -0.2) is 9.55 Å². The standard InChI is InChI=1S/C14H18ClN3/c1-2-3-4-9-18-10-13(17-14(18)16)11-5-7-12(15)8-6-11/h5-8,10H,2-4,9H2,1H3,(H2,16,17). The molecular weight excluding hydrogens is 246 g/mol. The average molecular weight is 264 g/mol. The first kappa shape index (κ1) is 13.0. The van der Waals surface area contributed by atoms with Crippen molar-refractivity contribution in [3.63, 3.8) is 0 Å². The van der Waals surface area contributed by atoms with Crippen LogP contribution in [-0.2, 0) is 6.54 Å². The molecule has 2 rings (SSSR count). The Bertz CT molecular complexity index is 502. The third-order valence-corrected chi connectivity index (χ3v) is 3.20. The molecule has 0 spiro atoms. The average Bonchev–Trinajstić information content (AvgIpc) is 2.72. The molecule has 0 aliphatic heterocycles. The van der Waals surface area contributed by atoms with Crippen LogP contribution in [0.1, 0.15) is 26.2 Å². The summed E-state index contributed by atoms with van der Waals surface area (Å²) in [5.74, 6) is 0.580. The smallest absolute Gasteiger partial charge is 0.200 e. The number of unbranched alkanes of at least 4 members (excludes halogenated alkanes) is 2. The lowest BCUT2D eigenvalue weighted by atomic mass is 10.2. The van der Waals surface area contributed by atoms with E-state index >= 15 is 0 Å². The fourth-order valence-electron chi connectivity index (χ4n) is 1.90. The van der Waals surface area contributed by atoms with Crippen LogP contribution in [0.3, 0.4) is 0 Å². The Morgan fingerprint density at radius 2 is 1.94 bits per heavy atom. The van der Waals surface area contributed by atoms with Crippen LogP contribution in [0.2, 0.25) is 5.02 Å². The molecule has 1 aromatic carbocycles. The normalized spacial score (nSPS) is 10.8. The molecule has 3 nitrogen and oxygen atoms in total. The minimum Gasteiger partial charge on any atom is -0.369 e. The van der Waals surface area contributed by atoms with Crippen LogP contribution in [0.25, 0.3) is 11.3 Å². The summed E-state index contributed by atoms with van der Waals surface area (Å²) < 4.78 is 2.01. The predicted octanol–water partition coefficient (Wildman–Crippen LogP) is 3.98. The van der Waals surface area contributed by atoms with Gasteiger partial charge in [0.15, 0.2) is 0 Å². The summed E-state index contributed by atoms with van der Waals surface area (Å²) in [6, 6.07) is 7.65. The van der Waals surface area contributed by atoms with Crippen molar-refractivity contribution in [3.8, 4) is 11.3 Å². The van der Waals surface area contributed by atoms with Crippen LogP contribution < -0.4 is 5.73 Å². The van der Waals surface area contributed by atoms with E-state index in [1.807, 2.05) is 35.0 Å². The Labute approximate surface area is 113 Å². The first-order valence-electron chi connectivity index (χ1n) is 6.29. The third-order valence-electron chi connectivity index (χ3n) is 2.95. The summed E-state index contributed by atoms with van der Waals surface area (Å²) in [4.78, 5) is 4.39.